The molecule has 1 aromatic carbocycles. The third kappa shape index (κ3) is 6.10. The second-order valence-corrected chi connectivity index (χ2v) is 3.12. The molecule has 1 amide bonds. The molecule has 0 aromatic heterocycles. The van der Waals surface area contributed by atoms with Gasteiger partial charge in [0.15, 0.2) is 0 Å². The second-order valence-electron chi connectivity index (χ2n) is 3.12. The maximum atomic E-state index is 11.0. The van der Waals surface area contributed by atoms with E-state index in [4.69, 9.17) is 5.73 Å². The van der Waals surface area contributed by atoms with E-state index in [0.29, 0.717) is 19.5 Å². The minimum absolute atomic E-state index is 0. The molecule has 0 fully saturated rings. The molecule has 0 spiro atoms. The lowest BCUT2D eigenvalue weighted by Crippen LogP contribution is -2.27. The van der Waals surface area contributed by atoms with Gasteiger partial charge in [0.1, 0.15) is 0 Å². The van der Waals surface area contributed by atoms with Gasteiger partial charge < -0.3 is 11.1 Å². The molecule has 3 nitrogen and oxygen atoms in total. The number of carbonyl (C=O) groups excluding carboxylic acids is 1. The maximum Gasteiger partial charge on any atom is 0.221 e. The van der Waals surface area contributed by atoms with Crippen molar-refractivity contribution in [2.24, 2.45) is 5.73 Å². The number of hydrogen-bond donors (Lipinski definition) is 2. The van der Waals surface area contributed by atoms with E-state index in [0.717, 1.165) is 6.42 Å². The summed E-state index contributed by atoms with van der Waals surface area (Å²) in [4.78, 5) is 11.0. The summed E-state index contributed by atoms with van der Waals surface area (Å²) in [6.45, 7) is 1.10. The molecule has 0 heterocycles. The standard InChI is InChI=1S/C11H16N2O.ClH/c12-8-6-11(14)13-9-7-10-4-2-1-3-5-10;/h1-5H,6-9,12H2,(H,13,14);1H. The predicted molar refractivity (Wildman–Crippen MR) is 64.1 cm³/mol. The highest BCUT2D eigenvalue weighted by molar-refractivity contribution is 5.85. The molecule has 0 aliphatic rings. The first-order valence-electron chi connectivity index (χ1n) is 4.83. The van der Waals surface area contributed by atoms with Gasteiger partial charge in [-0.3, -0.25) is 4.79 Å². The fourth-order valence-electron chi connectivity index (χ4n) is 1.21. The molecule has 0 bridgehead atoms. The third-order valence-electron chi connectivity index (χ3n) is 1.95. The number of carbonyl (C=O) groups is 1. The minimum atomic E-state index is 0. The lowest BCUT2D eigenvalue weighted by Gasteiger charge is -2.03. The molecule has 84 valence electrons. The maximum absolute atomic E-state index is 11.0. The Balaban J connectivity index is 0.00000196. The van der Waals surface area contributed by atoms with Crippen molar-refractivity contribution in [3.05, 3.63) is 35.9 Å². The van der Waals surface area contributed by atoms with Crippen LogP contribution in [0.3, 0.4) is 0 Å². The van der Waals surface area contributed by atoms with Gasteiger partial charge in [-0.1, -0.05) is 30.3 Å². The minimum Gasteiger partial charge on any atom is -0.356 e. The van der Waals surface area contributed by atoms with E-state index in [1.807, 2.05) is 18.2 Å². The van der Waals surface area contributed by atoms with Crippen LogP contribution < -0.4 is 11.1 Å². The predicted octanol–water partition coefficient (Wildman–Crippen LogP) is 1.12. The summed E-state index contributed by atoms with van der Waals surface area (Å²) in [5.74, 6) is 0.0310. The van der Waals surface area contributed by atoms with Gasteiger partial charge in [0.2, 0.25) is 5.91 Å². The zero-order valence-electron chi connectivity index (χ0n) is 8.61. The number of rotatable bonds is 5. The van der Waals surface area contributed by atoms with Crippen molar-refractivity contribution < 1.29 is 4.79 Å². The zero-order chi connectivity index (χ0) is 10.2. The largest absolute Gasteiger partial charge is 0.356 e. The monoisotopic (exact) mass is 228 g/mol. The Bertz CT molecular complexity index is 277. The van der Waals surface area contributed by atoms with Gasteiger partial charge in [-0.15, -0.1) is 12.4 Å². The van der Waals surface area contributed by atoms with E-state index in [1.54, 1.807) is 0 Å². The van der Waals surface area contributed by atoms with Crippen molar-refractivity contribution in [3.63, 3.8) is 0 Å². The molecule has 1 aromatic rings. The number of amides is 1. The second kappa shape index (κ2) is 8.26. The van der Waals surface area contributed by atoms with Crippen LogP contribution in [0.15, 0.2) is 30.3 Å². The zero-order valence-corrected chi connectivity index (χ0v) is 9.43. The van der Waals surface area contributed by atoms with Gasteiger partial charge in [0, 0.05) is 19.5 Å². The average Bonchev–Trinajstić information content (AvgIpc) is 2.20. The van der Waals surface area contributed by atoms with Crippen LogP contribution in [0.4, 0.5) is 0 Å². The molecule has 15 heavy (non-hydrogen) atoms. The van der Waals surface area contributed by atoms with Gasteiger partial charge in [0.25, 0.3) is 0 Å². The Morgan fingerprint density at radius 1 is 1.27 bits per heavy atom. The van der Waals surface area contributed by atoms with Crippen molar-refractivity contribution in [3.8, 4) is 0 Å². The van der Waals surface area contributed by atoms with Gasteiger partial charge in [-0.2, -0.15) is 0 Å². The molecular formula is C11H17ClN2O. The Morgan fingerprint density at radius 3 is 2.53 bits per heavy atom. The molecule has 0 saturated heterocycles. The summed E-state index contributed by atoms with van der Waals surface area (Å²) in [7, 11) is 0. The van der Waals surface area contributed by atoms with Crippen molar-refractivity contribution in [2.75, 3.05) is 13.1 Å². The summed E-state index contributed by atoms with van der Waals surface area (Å²) in [5, 5.41) is 2.81. The van der Waals surface area contributed by atoms with Crippen molar-refractivity contribution in [1.29, 1.82) is 0 Å². The van der Waals surface area contributed by atoms with Crippen LogP contribution in [0.25, 0.3) is 0 Å². The molecule has 0 aliphatic heterocycles. The number of hydrogen-bond acceptors (Lipinski definition) is 2. The van der Waals surface area contributed by atoms with Crippen LogP contribution >= 0.6 is 12.4 Å². The quantitative estimate of drug-likeness (QED) is 0.794. The third-order valence-corrected chi connectivity index (χ3v) is 1.95. The topological polar surface area (TPSA) is 55.1 Å². The van der Waals surface area contributed by atoms with Crippen LogP contribution in [0, 0.1) is 0 Å². The average molecular weight is 229 g/mol. The molecule has 0 unspecified atom stereocenters. The molecule has 0 saturated carbocycles. The van der Waals surface area contributed by atoms with Crippen LogP contribution in [-0.2, 0) is 11.2 Å². The molecular weight excluding hydrogens is 212 g/mol. The molecule has 4 heteroatoms. The van der Waals surface area contributed by atoms with E-state index in [-0.39, 0.29) is 18.3 Å². The molecule has 0 radical (unpaired) electrons. The van der Waals surface area contributed by atoms with Gasteiger partial charge in [-0.25, -0.2) is 0 Å². The van der Waals surface area contributed by atoms with Gasteiger partial charge in [-0.05, 0) is 12.0 Å². The highest BCUT2D eigenvalue weighted by Gasteiger charge is 1.97. The Labute approximate surface area is 96.5 Å². The summed E-state index contributed by atoms with van der Waals surface area (Å²) in [6.07, 6.45) is 1.28. The van der Waals surface area contributed by atoms with E-state index in [2.05, 4.69) is 17.4 Å². The number of benzene rings is 1. The fraction of sp³-hybridized carbons (Fsp3) is 0.364. The van der Waals surface area contributed by atoms with Crippen LogP contribution in [0.5, 0.6) is 0 Å². The van der Waals surface area contributed by atoms with Crippen molar-refractivity contribution in [2.45, 2.75) is 12.8 Å². The van der Waals surface area contributed by atoms with Crippen molar-refractivity contribution >= 4 is 18.3 Å². The first kappa shape index (κ1) is 13.9. The number of halogens is 1. The van der Waals surface area contributed by atoms with E-state index >= 15 is 0 Å². The lowest BCUT2D eigenvalue weighted by atomic mass is 10.1. The van der Waals surface area contributed by atoms with E-state index in [1.165, 1.54) is 5.56 Å². The van der Waals surface area contributed by atoms with Crippen molar-refractivity contribution in [1.82, 2.24) is 5.32 Å². The van der Waals surface area contributed by atoms with Gasteiger partial charge >= 0.3 is 0 Å². The summed E-state index contributed by atoms with van der Waals surface area (Å²) in [6, 6.07) is 10.1. The summed E-state index contributed by atoms with van der Waals surface area (Å²) < 4.78 is 0. The first-order chi connectivity index (χ1) is 6.83. The summed E-state index contributed by atoms with van der Waals surface area (Å²) in [5.41, 5.74) is 6.49. The highest BCUT2D eigenvalue weighted by Crippen LogP contribution is 1.97. The van der Waals surface area contributed by atoms with Gasteiger partial charge in [0.05, 0.1) is 0 Å². The Kier molecular flexibility index (Phi) is 7.68. The summed E-state index contributed by atoms with van der Waals surface area (Å²) >= 11 is 0. The highest BCUT2D eigenvalue weighted by atomic mass is 35.5. The SMILES string of the molecule is Cl.NCCC(=O)NCCc1ccccc1. The van der Waals surface area contributed by atoms with Crippen LogP contribution in [0.2, 0.25) is 0 Å². The first-order valence-corrected chi connectivity index (χ1v) is 4.83. The molecule has 3 N–H and O–H groups in total. The van der Waals surface area contributed by atoms with Crippen LogP contribution in [-0.4, -0.2) is 19.0 Å². The Hall–Kier alpha value is -1.06. The van der Waals surface area contributed by atoms with Crippen LogP contribution in [0.1, 0.15) is 12.0 Å². The molecule has 0 aliphatic carbocycles. The van der Waals surface area contributed by atoms with E-state index < -0.39 is 0 Å². The van der Waals surface area contributed by atoms with E-state index in [9.17, 15) is 4.79 Å². The number of nitrogens with one attached hydrogen (secondary N) is 1. The normalized spacial score (nSPS) is 9.13. The lowest BCUT2D eigenvalue weighted by molar-refractivity contribution is -0.120. The number of nitrogens with two attached hydrogens (primary N) is 1. The fourth-order valence-corrected chi connectivity index (χ4v) is 1.21. The molecule has 0 atom stereocenters. The smallest absolute Gasteiger partial charge is 0.221 e. The molecule has 1 rings (SSSR count). The Morgan fingerprint density at radius 2 is 1.93 bits per heavy atom.